The van der Waals surface area contributed by atoms with Gasteiger partial charge in [0.15, 0.2) is 5.69 Å². The number of benzene rings is 1. The van der Waals surface area contributed by atoms with Crippen LogP contribution in [0.2, 0.25) is 0 Å². The third-order valence-corrected chi connectivity index (χ3v) is 6.19. The summed E-state index contributed by atoms with van der Waals surface area (Å²) in [5.41, 5.74) is 1.14. The molecule has 2 N–H and O–H groups in total. The second-order valence-electron chi connectivity index (χ2n) is 8.04. The number of anilines is 2. The van der Waals surface area contributed by atoms with E-state index < -0.39 is 15.9 Å². The highest BCUT2D eigenvalue weighted by Gasteiger charge is 2.27. The summed E-state index contributed by atoms with van der Waals surface area (Å²) >= 11 is 0. The smallest absolute Gasteiger partial charge is 0.302 e. The molecule has 3 rings (SSSR count). The van der Waals surface area contributed by atoms with E-state index in [1.165, 1.54) is 0 Å². The number of sulfonamides is 1. The van der Waals surface area contributed by atoms with Gasteiger partial charge in [0, 0.05) is 18.7 Å². The summed E-state index contributed by atoms with van der Waals surface area (Å²) in [6.07, 6.45) is 5.42. The summed E-state index contributed by atoms with van der Waals surface area (Å²) in [4.78, 5) is 18.6. The van der Waals surface area contributed by atoms with Crippen LogP contribution >= 0.6 is 0 Å². The summed E-state index contributed by atoms with van der Waals surface area (Å²) < 4.78 is 30.8. The maximum atomic E-state index is 12.4. The van der Waals surface area contributed by atoms with Crippen molar-refractivity contribution < 1.29 is 22.7 Å². The van der Waals surface area contributed by atoms with Crippen molar-refractivity contribution in [1.82, 2.24) is 9.71 Å². The number of carbonyl (C=O) groups is 1. The first-order valence-corrected chi connectivity index (χ1v) is 12.6. The Kier molecular flexibility index (Phi) is 7.53. The lowest BCUT2D eigenvalue weighted by atomic mass is 9.84. The summed E-state index contributed by atoms with van der Waals surface area (Å²) in [6, 6.07) is 9.13. The minimum absolute atomic E-state index is 0.0794. The second kappa shape index (κ2) is 10.1. The fraction of sp³-hybridized carbons (Fsp3) is 0.500. The van der Waals surface area contributed by atoms with Gasteiger partial charge in [0.1, 0.15) is 5.76 Å². The molecule has 1 aliphatic carbocycles. The molecule has 1 aromatic carbocycles. The first kappa shape index (κ1) is 23.8. The number of nitrogens with zero attached hydrogens (tertiary/aromatic N) is 3. The lowest BCUT2D eigenvalue weighted by molar-refractivity contribution is 0.0665. The maximum Gasteiger partial charge on any atom is 0.302 e. The molecule has 1 heterocycles. The van der Waals surface area contributed by atoms with Gasteiger partial charge < -0.3 is 9.52 Å². The van der Waals surface area contributed by atoms with Gasteiger partial charge in [-0.2, -0.15) is 10.2 Å². The number of amides is 1. The molecule has 1 fully saturated rings. The van der Waals surface area contributed by atoms with Crippen LogP contribution in [0.1, 0.15) is 60.8 Å². The third-order valence-electron chi connectivity index (χ3n) is 5.63. The molecule has 172 valence electrons. The minimum Gasteiger partial charge on any atom is -0.428 e. The Balaban J connectivity index is 1.93. The third kappa shape index (κ3) is 5.87. The van der Waals surface area contributed by atoms with E-state index in [0.717, 1.165) is 31.9 Å². The number of nitriles is 1. The van der Waals surface area contributed by atoms with Crippen LogP contribution in [0.4, 0.5) is 11.7 Å². The number of rotatable bonds is 8. The highest BCUT2D eigenvalue weighted by Crippen LogP contribution is 2.32. The fourth-order valence-electron chi connectivity index (χ4n) is 3.96. The fourth-order valence-corrected chi connectivity index (χ4v) is 4.39. The number of aryl methyl sites for hydroxylation is 1. The zero-order valence-corrected chi connectivity index (χ0v) is 19.1. The van der Waals surface area contributed by atoms with Crippen LogP contribution < -0.4 is 9.62 Å². The topological polar surface area (TPSA) is 137 Å². The number of hydrogen-bond acceptors (Lipinski definition) is 8. The van der Waals surface area contributed by atoms with E-state index in [1.54, 1.807) is 36.1 Å². The number of aromatic nitrogens is 1. The molecule has 1 aromatic heterocycles. The molecule has 0 unspecified atom stereocenters. The molecule has 32 heavy (non-hydrogen) atoms. The Hall–Kier alpha value is -2.90. The lowest BCUT2D eigenvalue weighted by Gasteiger charge is -2.30. The van der Waals surface area contributed by atoms with Gasteiger partial charge in [0.25, 0.3) is 5.91 Å². The first-order valence-electron chi connectivity index (χ1n) is 10.7. The summed E-state index contributed by atoms with van der Waals surface area (Å²) in [7, 11) is -3.75. The zero-order chi connectivity index (χ0) is 23.3. The van der Waals surface area contributed by atoms with E-state index in [4.69, 9.17) is 9.68 Å². The van der Waals surface area contributed by atoms with Crippen molar-refractivity contribution in [3.05, 3.63) is 41.3 Å². The monoisotopic (exact) mass is 460 g/mol. The molecule has 0 bridgehead atoms. The van der Waals surface area contributed by atoms with E-state index in [0.29, 0.717) is 30.6 Å². The molecule has 10 heteroatoms. The van der Waals surface area contributed by atoms with Crippen molar-refractivity contribution in [2.45, 2.75) is 51.6 Å². The number of oxazole rings is 1. The van der Waals surface area contributed by atoms with Gasteiger partial charge in [-0.25, -0.2) is 13.1 Å². The van der Waals surface area contributed by atoms with Crippen LogP contribution in [-0.2, 0) is 16.4 Å². The van der Waals surface area contributed by atoms with Gasteiger partial charge in [-0.05, 0) is 49.4 Å². The van der Waals surface area contributed by atoms with Crippen LogP contribution in [-0.4, -0.2) is 43.3 Å². The molecule has 0 saturated heterocycles. The van der Waals surface area contributed by atoms with Crippen molar-refractivity contribution in [1.29, 1.82) is 5.26 Å². The number of hydrogen-bond donors (Lipinski definition) is 2. The quantitative estimate of drug-likeness (QED) is 0.614. The average molecular weight is 461 g/mol. The van der Waals surface area contributed by atoms with Gasteiger partial charge in [0.05, 0.1) is 24.0 Å². The van der Waals surface area contributed by atoms with E-state index in [-0.39, 0.29) is 29.5 Å². The second-order valence-corrected chi connectivity index (χ2v) is 9.78. The van der Waals surface area contributed by atoms with E-state index in [9.17, 15) is 18.3 Å². The molecular formula is C22H28N4O5S. The van der Waals surface area contributed by atoms with E-state index in [2.05, 4.69) is 11.1 Å². The van der Waals surface area contributed by atoms with Gasteiger partial charge >= 0.3 is 6.01 Å². The Bertz CT molecular complexity index is 1090. The largest absolute Gasteiger partial charge is 0.428 e. The predicted molar refractivity (Wildman–Crippen MR) is 119 cm³/mol. The Labute approximate surface area is 188 Å². The summed E-state index contributed by atoms with van der Waals surface area (Å²) in [5, 5.41) is 19.5. The number of nitrogens with one attached hydrogen (secondary N) is 1. The van der Waals surface area contributed by atoms with Crippen LogP contribution in [0, 0.1) is 17.2 Å². The van der Waals surface area contributed by atoms with Crippen LogP contribution in [0.3, 0.4) is 0 Å². The standard InChI is InChI=1S/C22H28N4O5S/c1-3-19-20(21(28)25-32(2,29)30)24-22(31-19)26(17-10-8-15(14-23)9-11-17)13-12-16-6-4-5-7-18(16)27/h8-11,16,18,27H,3-7,12-13H2,1-2H3,(H,25,28)/t16-,18+/m0/s1. The molecule has 0 aliphatic heterocycles. The highest BCUT2D eigenvalue weighted by molar-refractivity contribution is 7.89. The Morgan fingerprint density at radius 3 is 2.59 bits per heavy atom. The molecule has 9 nitrogen and oxygen atoms in total. The van der Waals surface area contributed by atoms with Gasteiger partial charge in [-0.15, -0.1) is 0 Å². The molecule has 1 aliphatic rings. The van der Waals surface area contributed by atoms with Crippen molar-refractivity contribution in [2.75, 3.05) is 17.7 Å². The molecule has 0 radical (unpaired) electrons. The molecule has 1 amide bonds. The summed E-state index contributed by atoms with van der Waals surface area (Å²) in [6.45, 7) is 2.26. The molecular weight excluding hydrogens is 432 g/mol. The Morgan fingerprint density at radius 2 is 2.00 bits per heavy atom. The number of aliphatic hydroxyl groups excluding tert-OH is 1. The predicted octanol–water partition coefficient (Wildman–Crippen LogP) is 2.88. The zero-order valence-electron chi connectivity index (χ0n) is 18.2. The molecule has 2 aromatic rings. The lowest BCUT2D eigenvalue weighted by Crippen LogP contribution is -2.30. The van der Waals surface area contributed by atoms with Crippen molar-refractivity contribution in [3.8, 4) is 6.07 Å². The molecule has 0 spiro atoms. The van der Waals surface area contributed by atoms with Crippen molar-refractivity contribution >= 4 is 27.6 Å². The van der Waals surface area contributed by atoms with E-state index in [1.807, 2.05) is 4.72 Å². The minimum atomic E-state index is -3.75. The van der Waals surface area contributed by atoms with Crippen molar-refractivity contribution in [2.24, 2.45) is 5.92 Å². The Morgan fingerprint density at radius 1 is 1.31 bits per heavy atom. The normalized spacial score (nSPS) is 18.7. The van der Waals surface area contributed by atoms with E-state index >= 15 is 0 Å². The van der Waals surface area contributed by atoms with Crippen LogP contribution in [0.25, 0.3) is 0 Å². The molecule has 2 atom stereocenters. The van der Waals surface area contributed by atoms with Crippen LogP contribution in [0.5, 0.6) is 0 Å². The SMILES string of the molecule is CCc1oc(N(CC[C@@H]2CCCC[C@H]2O)c2ccc(C#N)cc2)nc1C(=O)NS(C)(=O)=O. The first-order chi connectivity index (χ1) is 15.2. The molecule has 1 saturated carbocycles. The van der Waals surface area contributed by atoms with Gasteiger partial charge in [-0.3, -0.25) is 9.69 Å². The highest BCUT2D eigenvalue weighted by atomic mass is 32.2. The van der Waals surface area contributed by atoms with Gasteiger partial charge in [0.2, 0.25) is 10.0 Å². The number of aliphatic hydroxyl groups is 1. The summed E-state index contributed by atoms with van der Waals surface area (Å²) in [5.74, 6) is -0.419. The van der Waals surface area contributed by atoms with Crippen LogP contribution in [0.15, 0.2) is 28.7 Å². The maximum absolute atomic E-state index is 12.4. The van der Waals surface area contributed by atoms with Crippen molar-refractivity contribution in [3.63, 3.8) is 0 Å². The number of carbonyl (C=O) groups excluding carboxylic acids is 1. The average Bonchev–Trinajstić information content (AvgIpc) is 3.19. The van der Waals surface area contributed by atoms with Gasteiger partial charge in [-0.1, -0.05) is 19.8 Å².